The molecule has 5 heterocycles. The highest BCUT2D eigenvalue weighted by Gasteiger charge is 2.40. The van der Waals surface area contributed by atoms with Crippen molar-refractivity contribution in [2.75, 3.05) is 0 Å². The standard InChI is InChI=1S/C50H31BN2O2S/c1-28-20-22-40-35(24-28)51-36-25-29(2)21-23-42(36)56-43-27-31(26-41(54-40)47(43)51)53-38-18-10-7-15-33(38)45-48(53)44-32-14-6-9-17-37(32)52(30-12-4-3-5-13-30)49(44)46-34-16-8-11-19-39(34)55-50(45)46/h3-27H,1-2H3. The van der Waals surface area contributed by atoms with Crippen LogP contribution in [0, 0.1) is 13.8 Å². The lowest BCUT2D eigenvalue weighted by Crippen LogP contribution is -2.57. The zero-order valence-corrected chi connectivity index (χ0v) is 31.4. The van der Waals surface area contributed by atoms with E-state index in [0.717, 1.165) is 77.7 Å². The van der Waals surface area contributed by atoms with E-state index in [1.807, 2.05) is 11.8 Å². The molecule has 0 radical (unpaired) electrons. The molecular weight excluding hydrogens is 703 g/mol. The Morgan fingerprint density at radius 2 is 1.12 bits per heavy atom. The van der Waals surface area contributed by atoms with Gasteiger partial charge < -0.3 is 18.3 Å². The first kappa shape index (κ1) is 30.7. The van der Waals surface area contributed by atoms with E-state index in [0.29, 0.717) is 0 Å². The van der Waals surface area contributed by atoms with Gasteiger partial charge in [0.15, 0.2) is 0 Å². The van der Waals surface area contributed by atoms with Crippen LogP contribution in [0.25, 0.3) is 76.9 Å². The van der Waals surface area contributed by atoms with Crippen molar-refractivity contribution in [3.05, 3.63) is 163 Å². The van der Waals surface area contributed by atoms with Gasteiger partial charge in [-0.05, 0) is 73.3 Å². The van der Waals surface area contributed by atoms with Crippen LogP contribution in [0.4, 0.5) is 0 Å². The van der Waals surface area contributed by atoms with Gasteiger partial charge in [-0.15, -0.1) is 0 Å². The van der Waals surface area contributed by atoms with E-state index in [4.69, 9.17) is 9.15 Å². The Balaban J connectivity index is 1.22. The molecular formula is C50H31BN2O2S. The summed E-state index contributed by atoms with van der Waals surface area (Å²) in [6.07, 6.45) is 0. The number of ether oxygens (including phenoxy) is 1. The van der Waals surface area contributed by atoms with Crippen molar-refractivity contribution in [1.82, 2.24) is 9.13 Å². The summed E-state index contributed by atoms with van der Waals surface area (Å²) in [4.78, 5) is 2.52. The Kier molecular flexibility index (Phi) is 6.02. The van der Waals surface area contributed by atoms with Crippen LogP contribution in [0.1, 0.15) is 11.1 Å². The molecule has 0 unspecified atom stereocenters. The first-order valence-corrected chi connectivity index (χ1v) is 20.0. The second-order valence-corrected chi connectivity index (χ2v) is 16.4. The van der Waals surface area contributed by atoms with Gasteiger partial charge in [-0.25, -0.2) is 0 Å². The molecule has 56 heavy (non-hydrogen) atoms. The van der Waals surface area contributed by atoms with Crippen molar-refractivity contribution in [3.8, 4) is 22.9 Å². The van der Waals surface area contributed by atoms with Gasteiger partial charge in [-0.2, -0.15) is 0 Å². The average molecular weight is 735 g/mol. The van der Waals surface area contributed by atoms with Gasteiger partial charge in [0.25, 0.3) is 6.71 Å². The molecule has 2 aliphatic heterocycles. The highest BCUT2D eigenvalue weighted by atomic mass is 32.2. The summed E-state index contributed by atoms with van der Waals surface area (Å²) in [6, 6.07) is 55.1. The van der Waals surface area contributed by atoms with E-state index in [9.17, 15) is 0 Å². The minimum Gasteiger partial charge on any atom is -0.458 e. The minimum absolute atomic E-state index is 0.0951. The van der Waals surface area contributed by atoms with Gasteiger partial charge in [-0.3, -0.25) is 0 Å². The van der Waals surface area contributed by atoms with Crippen LogP contribution in [0.5, 0.6) is 11.5 Å². The highest BCUT2D eigenvalue weighted by Crippen LogP contribution is 2.50. The molecule has 0 aliphatic carbocycles. The molecule has 11 aromatic rings. The third-order valence-corrected chi connectivity index (χ3v) is 13.2. The Hall–Kier alpha value is -6.63. The van der Waals surface area contributed by atoms with Crippen molar-refractivity contribution in [3.63, 3.8) is 0 Å². The molecule has 0 saturated heterocycles. The van der Waals surface area contributed by atoms with Gasteiger partial charge in [0.1, 0.15) is 22.7 Å². The van der Waals surface area contributed by atoms with Crippen LogP contribution in [-0.2, 0) is 0 Å². The molecule has 262 valence electrons. The molecule has 13 rings (SSSR count). The average Bonchev–Trinajstić information content (AvgIpc) is 3.89. The van der Waals surface area contributed by atoms with Crippen LogP contribution < -0.4 is 21.1 Å². The molecule has 0 N–H and O–H groups in total. The number of para-hydroxylation sites is 4. The predicted molar refractivity (Wildman–Crippen MR) is 234 cm³/mol. The van der Waals surface area contributed by atoms with Crippen molar-refractivity contribution < 1.29 is 9.15 Å². The van der Waals surface area contributed by atoms with Gasteiger partial charge in [0.2, 0.25) is 0 Å². The zero-order valence-electron chi connectivity index (χ0n) is 30.6. The number of aryl methyl sites for hydroxylation is 2. The predicted octanol–water partition coefficient (Wildman–Crippen LogP) is 11.5. The van der Waals surface area contributed by atoms with E-state index in [2.05, 4.69) is 175 Å². The van der Waals surface area contributed by atoms with Crippen LogP contribution in [-0.4, -0.2) is 15.8 Å². The van der Waals surface area contributed by atoms with Crippen LogP contribution in [0.15, 0.2) is 166 Å². The van der Waals surface area contributed by atoms with Gasteiger partial charge in [0, 0.05) is 43.1 Å². The monoisotopic (exact) mass is 734 g/mol. The lowest BCUT2D eigenvalue weighted by Gasteiger charge is -2.33. The highest BCUT2D eigenvalue weighted by molar-refractivity contribution is 8.00. The maximum atomic E-state index is 7.02. The normalized spacial score (nSPS) is 13.2. The molecule has 0 spiro atoms. The van der Waals surface area contributed by atoms with Crippen molar-refractivity contribution in [1.29, 1.82) is 0 Å². The number of furan rings is 1. The maximum Gasteiger partial charge on any atom is 0.253 e. The molecule has 2 aliphatic rings. The molecule has 0 saturated carbocycles. The molecule has 3 aromatic heterocycles. The zero-order chi connectivity index (χ0) is 36.8. The lowest BCUT2D eigenvalue weighted by molar-refractivity contribution is 0.486. The van der Waals surface area contributed by atoms with Crippen LogP contribution >= 0.6 is 11.8 Å². The van der Waals surface area contributed by atoms with Crippen LogP contribution in [0.2, 0.25) is 0 Å². The van der Waals surface area contributed by atoms with E-state index in [1.54, 1.807) is 0 Å². The fourth-order valence-electron chi connectivity index (χ4n) is 9.85. The topological polar surface area (TPSA) is 32.2 Å². The Labute approximate surface area is 326 Å². The quantitative estimate of drug-likeness (QED) is 0.166. The number of aromatic nitrogens is 2. The maximum absolute atomic E-state index is 7.02. The lowest BCUT2D eigenvalue weighted by atomic mass is 9.35. The molecule has 0 amide bonds. The summed E-state index contributed by atoms with van der Waals surface area (Å²) in [5.74, 6) is 1.84. The van der Waals surface area contributed by atoms with Crippen LogP contribution in [0.3, 0.4) is 0 Å². The molecule has 6 heteroatoms. The summed E-state index contributed by atoms with van der Waals surface area (Å²) in [7, 11) is 0. The minimum atomic E-state index is 0.0951. The van der Waals surface area contributed by atoms with Crippen molar-refractivity contribution in [2.24, 2.45) is 0 Å². The number of fused-ring (bicyclic) bond motifs is 16. The van der Waals surface area contributed by atoms with Crippen molar-refractivity contribution >= 4 is 100 Å². The summed E-state index contributed by atoms with van der Waals surface area (Å²) in [6.45, 7) is 4.46. The van der Waals surface area contributed by atoms with Crippen molar-refractivity contribution in [2.45, 2.75) is 23.6 Å². The summed E-state index contributed by atoms with van der Waals surface area (Å²) < 4.78 is 18.9. The Bertz CT molecular complexity index is 3440. The molecule has 4 nitrogen and oxygen atoms in total. The molecule has 0 fully saturated rings. The Morgan fingerprint density at radius 3 is 1.91 bits per heavy atom. The van der Waals surface area contributed by atoms with Gasteiger partial charge >= 0.3 is 0 Å². The number of hydrogen-bond acceptors (Lipinski definition) is 3. The number of benzene rings is 8. The van der Waals surface area contributed by atoms with E-state index in [-0.39, 0.29) is 6.71 Å². The van der Waals surface area contributed by atoms with Gasteiger partial charge in [-0.1, -0.05) is 125 Å². The number of nitrogens with zero attached hydrogens (tertiary/aromatic N) is 2. The molecule has 0 atom stereocenters. The summed E-state index contributed by atoms with van der Waals surface area (Å²) in [5.41, 5.74) is 14.9. The fraction of sp³-hybridized carbons (Fsp3) is 0.0400. The second-order valence-electron chi connectivity index (χ2n) is 15.4. The first-order valence-electron chi connectivity index (χ1n) is 19.2. The third-order valence-electron chi connectivity index (χ3n) is 12.1. The molecule has 0 bridgehead atoms. The number of hydrogen-bond donors (Lipinski definition) is 0. The van der Waals surface area contributed by atoms with E-state index >= 15 is 0 Å². The smallest absolute Gasteiger partial charge is 0.253 e. The fourth-order valence-corrected chi connectivity index (χ4v) is 11.0. The third kappa shape index (κ3) is 3.96. The van der Waals surface area contributed by atoms with Gasteiger partial charge in [0.05, 0.1) is 38.5 Å². The molecule has 8 aromatic carbocycles. The Morgan fingerprint density at radius 1 is 0.500 bits per heavy atom. The largest absolute Gasteiger partial charge is 0.458 e. The van der Waals surface area contributed by atoms with E-state index < -0.39 is 0 Å². The first-order chi connectivity index (χ1) is 27.6. The second kappa shape index (κ2) is 11.0. The number of rotatable bonds is 2. The summed E-state index contributed by atoms with van der Waals surface area (Å²) in [5, 5.41) is 6.93. The summed E-state index contributed by atoms with van der Waals surface area (Å²) >= 11 is 1.86. The van der Waals surface area contributed by atoms with E-state index in [1.165, 1.54) is 48.1 Å². The SMILES string of the molecule is Cc1ccc2c(c1)B1c3cc(C)ccc3Sc3cc(-n4c5ccccc5c5c6oc7ccccc7c6c6c(c7ccccc7n6-c6ccccc6)c54)cc(c31)O2.